The average molecular weight is 482 g/mol. The van der Waals surface area contributed by atoms with Crippen molar-refractivity contribution in [1.82, 2.24) is 9.97 Å². The van der Waals surface area contributed by atoms with Crippen molar-refractivity contribution in [2.45, 2.75) is 18.7 Å². The van der Waals surface area contributed by atoms with E-state index in [-0.39, 0.29) is 16.5 Å². The first-order valence-electron chi connectivity index (χ1n) is 9.16. The predicted molar refractivity (Wildman–Crippen MR) is 123 cm³/mol. The van der Waals surface area contributed by atoms with Crippen LogP contribution in [0, 0.1) is 13.8 Å². The summed E-state index contributed by atoms with van der Waals surface area (Å²) in [5.41, 5.74) is 3.82. The van der Waals surface area contributed by atoms with Crippen LogP contribution in [0.4, 0.5) is 17.3 Å². The number of benzene rings is 3. The van der Waals surface area contributed by atoms with E-state index in [1.807, 2.05) is 56.3 Å². The summed E-state index contributed by atoms with van der Waals surface area (Å²) in [7, 11) is -3.96. The lowest BCUT2D eigenvalue weighted by Crippen LogP contribution is -2.03. The van der Waals surface area contributed by atoms with Crippen molar-refractivity contribution in [3.05, 3.63) is 87.1 Å². The van der Waals surface area contributed by atoms with Crippen LogP contribution < -0.4 is 5.32 Å². The number of rotatable bonds is 5. The summed E-state index contributed by atoms with van der Waals surface area (Å²) in [6.07, 6.45) is 0. The molecule has 1 N–H and O–H groups in total. The zero-order chi connectivity index (χ0) is 21.3. The SMILES string of the molecule is Cc1cccc(S(=O)(=O)[N-]c2nc3ccccc3nc2Nc2ccc(Br)c(C)c2)c1. The second-order valence-electron chi connectivity index (χ2n) is 6.86. The Kier molecular flexibility index (Phi) is 5.44. The monoisotopic (exact) mass is 481 g/mol. The fourth-order valence-corrected chi connectivity index (χ4v) is 4.23. The standard InChI is InChI=1S/C22H18BrN4O2S/c1-14-6-5-7-17(12-14)30(28,29)27-22-21(24-16-10-11-18(23)15(2)13-16)25-19-8-3-4-9-20(19)26-22/h3-13H,1-2H3,(H-,24,25,26,27)/q-1. The zero-order valence-corrected chi connectivity index (χ0v) is 18.7. The van der Waals surface area contributed by atoms with Crippen LogP contribution in [0.15, 0.2) is 76.1 Å². The summed E-state index contributed by atoms with van der Waals surface area (Å²) < 4.78 is 30.8. The van der Waals surface area contributed by atoms with E-state index in [1.165, 1.54) is 6.07 Å². The molecular formula is C22H18BrN4O2S-. The van der Waals surface area contributed by atoms with E-state index in [0.717, 1.165) is 21.3 Å². The first-order valence-corrected chi connectivity index (χ1v) is 11.4. The first-order chi connectivity index (χ1) is 14.3. The summed E-state index contributed by atoms with van der Waals surface area (Å²) in [4.78, 5) is 9.15. The quantitative estimate of drug-likeness (QED) is 0.369. The third-order valence-corrected chi connectivity index (χ3v) is 6.62. The van der Waals surface area contributed by atoms with Crippen molar-refractivity contribution in [2.75, 3.05) is 5.32 Å². The topological polar surface area (TPSA) is 86.1 Å². The van der Waals surface area contributed by atoms with Crippen LogP contribution in [0.5, 0.6) is 0 Å². The molecule has 1 heterocycles. The molecule has 0 bridgehead atoms. The Balaban J connectivity index is 1.79. The Morgan fingerprint density at radius 1 is 0.900 bits per heavy atom. The van der Waals surface area contributed by atoms with Gasteiger partial charge in [-0.2, -0.15) is 0 Å². The molecule has 4 aromatic rings. The minimum Gasteiger partial charge on any atom is -0.431 e. The van der Waals surface area contributed by atoms with Crippen LogP contribution in [-0.2, 0) is 10.0 Å². The van der Waals surface area contributed by atoms with Gasteiger partial charge in [0.2, 0.25) is 10.0 Å². The molecule has 3 aromatic carbocycles. The Hall–Kier alpha value is -2.97. The van der Waals surface area contributed by atoms with Gasteiger partial charge in [-0.25, -0.2) is 13.4 Å². The van der Waals surface area contributed by atoms with Crippen molar-refractivity contribution in [2.24, 2.45) is 0 Å². The lowest BCUT2D eigenvalue weighted by atomic mass is 10.2. The van der Waals surface area contributed by atoms with Gasteiger partial charge < -0.3 is 15.0 Å². The molecule has 0 radical (unpaired) electrons. The van der Waals surface area contributed by atoms with E-state index >= 15 is 0 Å². The number of para-hydroxylation sites is 2. The van der Waals surface area contributed by atoms with Gasteiger partial charge >= 0.3 is 0 Å². The van der Waals surface area contributed by atoms with Crippen molar-refractivity contribution >= 4 is 54.3 Å². The fraction of sp³-hybridized carbons (Fsp3) is 0.0909. The maximum atomic E-state index is 12.9. The molecular weight excluding hydrogens is 464 g/mol. The average Bonchev–Trinajstić information content (AvgIpc) is 2.71. The minimum absolute atomic E-state index is 0.00998. The van der Waals surface area contributed by atoms with Gasteiger partial charge in [0, 0.05) is 10.2 Å². The molecule has 0 fully saturated rings. The second kappa shape index (κ2) is 8.04. The van der Waals surface area contributed by atoms with Crippen LogP contribution in [0.2, 0.25) is 0 Å². The van der Waals surface area contributed by atoms with E-state index in [1.54, 1.807) is 18.2 Å². The predicted octanol–water partition coefficient (Wildman–Crippen LogP) is 6.15. The molecule has 30 heavy (non-hydrogen) atoms. The fourth-order valence-electron chi connectivity index (χ4n) is 2.94. The Bertz CT molecular complexity index is 1360. The summed E-state index contributed by atoms with van der Waals surface area (Å²) >= 11 is 3.48. The summed E-state index contributed by atoms with van der Waals surface area (Å²) in [6.45, 7) is 3.80. The van der Waals surface area contributed by atoms with Crippen LogP contribution in [0.25, 0.3) is 15.8 Å². The highest BCUT2D eigenvalue weighted by molar-refractivity contribution is 9.10. The number of anilines is 2. The Labute approximate surface area is 183 Å². The van der Waals surface area contributed by atoms with E-state index in [0.29, 0.717) is 11.0 Å². The van der Waals surface area contributed by atoms with Crippen LogP contribution in [-0.4, -0.2) is 18.4 Å². The zero-order valence-electron chi connectivity index (χ0n) is 16.3. The number of nitrogens with zero attached hydrogens (tertiary/aromatic N) is 3. The number of fused-ring (bicyclic) bond motifs is 1. The smallest absolute Gasteiger partial charge is 0.202 e. The maximum Gasteiger partial charge on any atom is 0.202 e. The van der Waals surface area contributed by atoms with Crippen LogP contribution in [0.3, 0.4) is 0 Å². The number of halogens is 1. The Morgan fingerprint density at radius 2 is 1.63 bits per heavy atom. The van der Waals surface area contributed by atoms with Gasteiger partial charge in [0.05, 0.1) is 10.4 Å². The van der Waals surface area contributed by atoms with Crippen molar-refractivity contribution in [1.29, 1.82) is 0 Å². The number of nitrogens with one attached hydrogen (secondary N) is 1. The lowest BCUT2D eigenvalue weighted by molar-refractivity contribution is 0.603. The molecule has 0 aliphatic rings. The number of hydrogen-bond donors (Lipinski definition) is 1. The van der Waals surface area contributed by atoms with Gasteiger partial charge in [-0.15, -0.1) is 0 Å². The third kappa shape index (κ3) is 4.29. The van der Waals surface area contributed by atoms with Gasteiger partial charge in [0.1, 0.15) is 5.82 Å². The van der Waals surface area contributed by atoms with Crippen molar-refractivity contribution in [3.63, 3.8) is 0 Å². The molecule has 0 amide bonds. The van der Waals surface area contributed by atoms with Gasteiger partial charge in [0.25, 0.3) is 0 Å². The van der Waals surface area contributed by atoms with Gasteiger partial charge in [0.15, 0.2) is 0 Å². The number of sulfonamides is 1. The molecule has 0 saturated carbocycles. The summed E-state index contributed by atoms with van der Waals surface area (Å²) in [6, 6.07) is 19.6. The molecule has 1 aromatic heterocycles. The molecule has 8 heteroatoms. The minimum atomic E-state index is -3.96. The highest BCUT2D eigenvalue weighted by Gasteiger charge is 2.13. The lowest BCUT2D eigenvalue weighted by Gasteiger charge is -2.21. The molecule has 0 spiro atoms. The van der Waals surface area contributed by atoms with E-state index < -0.39 is 10.0 Å². The highest BCUT2D eigenvalue weighted by Crippen LogP contribution is 2.35. The highest BCUT2D eigenvalue weighted by atomic mass is 79.9. The van der Waals surface area contributed by atoms with Gasteiger partial charge in [-0.1, -0.05) is 46.3 Å². The second-order valence-corrected chi connectivity index (χ2v) is 9.31. The van der Waals surface area contributed by atoms with Crippen molar-refractivity contribution in [3.8, 4) is 0 Å². The molecule has 0 unspecified atom stereocenters. The number of hydrogen-bond acceptors (Lipinski definition) is 5. The van der Waals surface area contributed by atoms with Gasteiger partial charge in [-0.05, 0) is 72.7 Å². The molecule has 4 rings (SSSR count). The van der Waals surface area contributed by atoms with E-state index in [9.17, 15) is 8.42 Å². The molecule has 0 saturated heterocycles. The molecule has 152 valence electrons. The first kappa shape index (κ1) is 20.3. The van der Waals surface area contributed by atoms with Crippen molar-refractivity contribution < 1.29 is 8.42 Å². The Morgan fingerprint density at radius 3 is 2.33 bits per heavy atom. The maximum absolute atomic E-state index is 12.9. The number of aromatic nitrogens is 2. The third-order valence-electron chi connectivity index (χ3n) is 4.47. The van der Waals surface area contributed by atoms with E-state index in [4.69, 9.17) is 0 Å². The van der Waals surface area contributed by atoms with Gasteiger partial charge in [-0.3, -0.25) is 0 Å². The largest absolute Gasteiger partial charge is 0.431 e. The molecule has 0 aliphatic heterocycles. The molecule has 0 aliphatic carbocycles. The summed E-state index contributed by atoms with van der Waals surface area (Å²) in [5, 5.41) is 3.17. The molecule has 6 nitrogen and oxygen atoms in total. The molecule has 0 atom stereocenters. The van der Waals surface area contributed by atoms with Crippen LogP contribution >= 0.6 is 15.9 Å². The van der Waals surface area contributed by atoms with Crippen LogP contribution in [0.1, 0.15) is 11.1 Å². The summed E-state index contributed by atoms with van der Waals surface area (Å²) in [5.74, 6) is 0.280. The normalized spacial score (nSPS) is 11.4. The van der Waals surface area contributed by atoms with E-state index in [2.05, 4.69) is 35.9 Å². The number of aryl methyl sites for hydroxylation is 2.